The average molecular weight is 322 g/mol. The molecule has 2 aromatic rings. The first-order valence-electron chi connectivity index (χ1n) is 9.15. The molecule has 0 aliphatic carbocycles. The maximum Gasteiger partial charge on any atom is 0.0370 e. The van der Waals surface area contributed by atoms with Crippen LogP contribution >= 0.6 is 0 Å². The van der Waals surface area contributed by atoms with E-state index < -0.39 is 0 Å². The van der Waals surface area contributed by atoms with Gasteiger partial charge in [-0.1, -0.05) is 67.9 Å². The molecule has 1 fully saturated rings. The van der Waals surface area contributed by atoms with Gasteiger partial charge in [0, 0.05) is 31.2 Å². The summed E-state index contributed by atoms with van der Waals surface area (Å²) in [6.45, 7) is 10.9. The first-order chi connectivity index (χ1) is 11.5. The third-order valence-electron chi connectivity index (χ3n) is 5.20. The van der Waals surface area contributed by atoms with Crippen molar-refractivity contribution in [2.24, 2.45) is 0 Å². The molecule has 1 aliphatic rings. The number of hydrogen-bond donors (Lipinski definition) is 1. The molecule has 24 heavy (non-hydrogen) atoms. The van der Waals surface area contributed by atoms with Gasteiger partial charge in [0.2, 0.25) is 0 Å². The molecule has 0 aromatic heterocycles. The smallest absolute Gasteiger partial charge is 0.0370 e. The lowest BCUT2D eigenvalue weighted by molar-refractivity contribution is 0.00466. The molecule has 0 radical (unpaired) electrons. The molecule has 2 unspecified atom stereocenters. The summed E-state index contributed by atoms with van der Waals surface area (Å²) in [5.74, 6) is 0. The van der Waals surface area contributed by atoms with Crippen LogP contribution in [0.25, 0.3) is 0 Å². The Labute approximate surface area is 146 Å². The van der Waals surface area contributed by atoms with E-state index in [4.69, 9.17) is 0 Å². The SMILES string of the molecule is Cc1ccc(C2CC(CNC(C)C)N2Cc2ccccc2C)cc1. The molecule has 2 atom stereocenters. The van der Waals surface area contributed by atoms with Gasteiger partial charge in [0.15, 0.2) is 0 Å². The Kier molecular flexibility index (Phi) is 5.37. The number of likely N-dealkylation sites (tertiary alicyclic amines) is 1. The minimum absolute atomic E-state index is 0.545. The molecule has 1 heterocycles. The number of hydrogen-bond acceptors (Lipinski definition) is 2. The fourth-order valence-electron chi connectivity index (χ4n) is 3.56. The van der Waals surface area contributed by atoms with E-state index in [1.54, 1.807) is 0 Å². The molecule has 0 spiro atoms. The van der Waals surface area contributed by atoms with Gasteiger partial charge < -0.3 is 5.32 Å². The second-order valence-corrected chi connectivity index (χ2v) is 7.48. The molecule has 2 heteroatoms. The van der Waals surface area contributed by atoms with Crippen molar-refractivity contribution < 1.29 is 0 Å². The fourth-order valence-corrected chi connectivity index (χ4v) is 3.56. The largest absolute Gasteiger partial charge is 0.313 e. The normalized spacial score (nSPS) is 21.0. The van der Waals surface area contributed by atoms with E-state index in [-0.39, 0.29) is 0 Å². The molecule has 2 nitrogen and oxygen atoms in total. The summed E-state index contributed by atoms with van der Waals surface area (Å²) in [5, 5.41) is 3.62. The van der Waals surface area contributed by atoms with Gasteiger partial charge in [-0.25, -0.2) is 0 Å². The molecule has 2 aromatic carbocycles. The van der Waals surface area contributed by atoms with Crippen molar-refractivity contribution in [2.75, 3.05) is 6.54 Å². The van der Waals surface area contributed by atoms with Crippen molar-refractivity contribution in [1.82, 2.24) is 10.2 Å². The number of nitrogens with one attached hydrogen (secondary N) is 1. The quantitative estimate of drug-likeness (QED) is 0.835. The summed E-state index contributed by atoms with van der Waals surface area (Å²) in [7, 11) is 0. The van der Waals surface area contributed by atoms with Crippen LogP contribution in [0.1, 0.15) is 48.6 Å². The summed E-state index contributed by atoms with van der Waals surface area (Å²) in [5.41, 5.74) is 5.63. The van der Waals surface area contributed by atoms with E-state index in [0.29, 0.717) is 18.1 Å². The van der Waals surface area contributed by atoms with Gasteiger partial charge in [0.05, 0.1) is 0 Å². The highest BCUT2D eigenvalue weighted by atomic mass is 15.3. The summed E-state index contributed by atoms with van der Waals surface area (Å²) in [6, 6.07) is 19.6. The van der Waals surface area contributed by atoms with Crippen molar-refractivity contribution in [2.45, 2.75) is 58.8 Å². The Morgan fingerprint density at radius 1 is 1.04 bits per heavy atom. The standard InChI is InChI=1S/C22H30N2/c1-16(2)23-14-21-13-22(19-11-9-17(3)10-12-19)24(21)15-20-8-6-5-7-18(20)4/h5-12,16,21-23H,13-15H2,1-4H3. The zero-order chi connectivity index (χ0) is 17.1. The van der Waals surface area contributed by atoms with Crippen LogP contribution in [0.2, 0.25) is 0 Å². The van der Waals surface area contributed by atoms with Crippen LogP contribution in [0, 0.1) is 13.8 Å². The van der Waals surface area contributed by atoms with Gasteiger partial charge in [-0.05, 0) is 37.0 Å². The lowest BCUT2D eigenvalue weighted by atomic mass is 9.86. The molecule has 1 saturated heterocycles. The van der Waals surface area contributed by atoms with E-state index in [0.717, 1.165) is 13.1 Å². The van der Waals surface area contributed by atoms with Gasteiger partial charge in [0.1, 0.15) is 0 Å². The van der Waals surface area contributed by atoms with Crippen LogP contribution < -0.4 is 5.32 Å². The van der Waals surface area contributed by atoms with E-state index in [9.17, 15) is 0 Å². The van der Waals surface area contributed by atoms with Gasteiger partial charge in [-0.2, -0.15) is 0 Å². The summed E-state index contributed by atoms with van der Waals surface area (Å²) < 4.78 is 0. The second-order valence-electron chi connectivity index (χ2n) is 7.48. The van der Waals surface area contributed by atoms with Crippen LogP contribution in [0.15, 0.2) is 48.5 Å². The third-order valence-corrected chi connectivity index (χ3v) is 5.20. The van der Waals surface area contributed by atoms with E-state index >= 15 is 0 Å². The fraction of sp³-hybridized carbons (Fsp3) is 0.455. The first kappa shape index (κ1) is 17.2. The Bertz CT molecular complexity index is 660. The number of nitrogens with zero attached hydrogens (tertiary/aromatic N) is 1. The first-order valence-corrected chi connectivity index (χ1v) is 9.15. The van der Waals surface area contributed by atoms with E-state index in [2.05, 4.69) is 86.4 Å². The van der Waals surface area contributed by atoms with Crippen molar-refractivity contribution in [1.29, 1.82) is 0 Å². The zero-order valence-corrected chi connectivity index (χ0v) is 15.4. The highest BCUT2D eigenvalue weighted by Gasteiger charge is 2.38. The maximum atomic E-state index is 3.62. The van der Waals surface area contributed by atoms with Gasteiger partial charge in [0.25, 0.3) is 0 Å². The summed E-state index contributed by atoms with van der Waals surface area (Å²) in [6.07, 6.45) is 1.24. The molecular formula is C22H30N2. The highest BCUT2D eigenvalue weighted by molar-refractivity contribution is 5.29. The Balaban J connectivity index is 1.76. The molecule has 0 bridgehead atoms. The monoisotopic (exact) mass is 322 g/mol. The maximum absolute atomic E-state index is 3.62. The Hall–Kier alpha value is -1.64. The minimum atomic E-state index is 0.545. The molecule has 1 N–H and O–H groups in total. The average Bonchev–Trinajstić information content (AvgIpc) is 2.54. The summed E-state index contributed by atoms with van der Waals surface area (Å²) >= 11 is 0. The Morgan fingerprint density at radius 2 is 1.75 bits per heavy atom. The highest BCUT2D eigenvalue weighted by Crippen LogP contribution is 2.40. The molecule has 0 amide bonds. The van der Waals surface area contributed by atoms with Crippen molar-refractivity contribution >= 4 is 0 Å². The van der Waals surface area contributed by atoms with E-state index in [1.165, 1.54) is 28.7 Å². The zero-order valence-electron chi connectivity index (χ0n) is 15.4. The molecular weight excluding hydrogens is 292 g/mol. The lowest BCUT2D eigenvalue weighted by Crippen LogP contribution is -2.54. The number of benzene rings is 2. The topological polar surface area (TPSA) is 15.3 Å². The molecule has 1 aliphatic heterocycles. The molecule has 128 valence electrons. The number of aryl methyl sites for hydroxylation is 2. The van der Waals surface area contributed by atoms with Crippen LogP contribution in [0.5, 0.6) is 0 Å². The molecule has 3 rings (SSSR count). The van der Waals surface area contributed by atoms with Crippen LogP contribution in [-0.2, 0) is 6.54 Å². The third kappa shape index (κ3) is 3.88. The second kappa shape index (κ2) is 7.50. The van der Waals surface area contributed by atoms with Crippen molar-refractivity contribution in [3.05, 3.63) is 70.8 Å². The van der Waals surface area contributed by atoms with Crippen LogP contribution in [-0.4, -0.2) is 23.5 Å². The molecule has 0 saturated carbocycles. The predicted octanol–water partition coefficient (Wildman–Crippen LogP) is 4.62. The van der Waals surface area contributed by atoms with Crippen LogP contribution in [0.3, 0.4) is 0 Å². The van der Waals surface area contributed by atoms with Gasteiger partial charge in [-0.3, -0.25) is 4.90 Å². The van der Waals surface area contributed by atoms with Crippen LogP contribution in [0.4, 0.5) is 0 Å². The van der Waals surface area contributed by atoms with Gasteiger partial charge >= 0.3 is 0 Å². The minimum Gasteiger partial charge on any atom is -0.313 e. The van der Waals surface area contributed by atoms with Gasteiger partial charge in [-0.15, -0.1) is 0 Å². The van der Waals surface area contributed by atoms with Crippen molar-refractivity contribution in [3.8, 4) is 0 Å². The summed E-state index contributed by atoms with van der Waals surface area (Å²) in [4.78, 5) is 2.67. The Morgan fingerprint density at radius 3 is 2.42 bits per heavy atom. The lowest BCUT2D eigenvalue weighted by Gasteiger charge is -2.49. The number of rotatable bonds is 6. The predicted molar refractivity (Wildman–Crippen MR) is 102 cm³/mol. The van der Waals surface area contributed by atoms with Crippen molar-refractivity contribution in [3.63, 3.8) is 0 Å². The van der Waals surface area contributed by atoms with E-state index in [1.807, 2.05) is 0 Å².